The molecule has 188 valence electrons. The number of imidazole rings is 1. The van der Waals surface area contributed by atoms with Gasteiger partial charge >= 0.3 is 5.69 Å². The summed E-state index contributed by atoms with van der Waals surface area (Å²) in [6, 6.07) is 6.59. The van der Waals surface area contributed by atoms with Crippen molar-refractivity contribution in [1.29, 1.82) is 0 Å². The molecule has 37 heavy (non-hydrogen) atoms. The fraction of sp³-hybridized carbons (Fsp3) is 0.222. The molecule has 0 radical (unpaired) electrons. The summed E-state index contributed by atoms with van der Waals surface area (Å²) in [7, 11) is 1.73. The zero-order valence-corrected chi connectivity index (χ0v) is 20.7. The Morgan fingerprint density at radius 1 is 1.16 bits per heavy atom. The Balaban J connectivity index is 1.59. The van der Waals surface area contributed by atoms with E-state index >= 15 is 4.39 Å². The monoisotopic (exact) mass is 501 g/mol. The van der Waals surface area contributed by atoms with E-state index < -0.39 is 11.5 Å². The SMILES string of the molecule is C=Cc1cc(-n2nc3c(c2-n2ccn(-c4ccc5c(cnn5C)c4F)c2=O)[C@H](C)NCC3)cc(C)c1F. The Bertz CT molecular complexity index is 1770. The van der Waals surface area contributed by atoms with Gasteiger partial charge in [0, 0.05) is 49.6 Å². The van der Waals surface area contributed by atoms with Crippen molar-refractivity contribution in [2.45, 2.75) is 26.3 Å². The first kappa shape index (κ1) is 23.1. The lowest BCUT2D eigenvalue weighted by atomic mass is 10.0. The van der Waals surface area contributed by atoms with Crippen molar-refractivity contribution in [2.75, 3.05) is 6.54 Å². The zero-order valence-electron chi connectivity index (χ0n) is 20.7. The van der Waals surface area contributed by atoms with Crippen LogP contribution in [0.4, 0.5) is 8.78 Å². The van der Waals surface area contributed by atoms with Crippen molar-refractivity contribution in [3.8, 4) is 17.2 Å². The van der Waals surface area contributed by atoms with E-state index in [1.807, 2.05) is 6.92 Å². The summed E-state index contributed by atoms with van der Waals surface area (Å²) >= 11 is 0. The van der Waals surface area contributed by atoms with E-state index in [0.29, 0.717) is 40.0 Å². The van der Waals surface area contributed by atoms with Crippen LogP contribution in [0.25, 0.3) is 34.2 Å². The summed E-state index contributed by atoms with van der Waals surface area (Å²) in [4.78, 5) is 13.8. The van der Waals surface area contributed by atoms with E-state index in [0.717, 1.165) is 17.8 Å². The number of aromatic nitrogens is 6. The van der Waals surface area contributed by atoms with Gasteiger partial charge in [-0.05, 0) is 43.7 Å². The number of benzene rings is 2. The maximum Gasteiger partial charge on any atom is 0.338 e. The Morgan fingerprint density at radius 2 is 1.95 bits per heavy atom. The molecule has 0 spiro atoms. The summed E-state index contributed by atoms with van der Waals surface area (Å²) in [5.41, 5.74) is 3.42. The molecule has 2 aromatic carbocycles. The number of nitrogens with zero attached hydrogens (tertiary/aromatic N) is 6. The minimum absolute atomic E-state index is 0.0772. The molecule has 0 fully saturated rings. The van der Waals surface area contributed by atoms with Crippen LogP contribution in [0.15, 0.2) is 54.2 Å². The molecule has 0 unspecified atom stereocenters. The number of hydrogen-bond acceptors (Lipinski definition) is 4. The highest BCUT2D eigenvalue weighted by molar-refractivity contribution is 5.81. The Morgan fingerprint density at radius 3 is 2.73 bits per heavy atom. The van der Waals surface area contributed by atoms with E-state index in [2.05, 4.69) is 17.0 Å². The van der Waals surface area contributed by atoms with Gasteiger partial charge in [0.15, 0.2) is 5.82 Å². The maximum absolute atomic E-state index is 15.5. The molecule has 5 aromatic rings. The summed E-state index contributed by atoms with van der Waals surface area (Å²) in [6.45, 7) is 8.17. The summed E-state index contributed by atoms with van der Waals surface area (Å²) < 4.78 is 36.0. The molecule has 10 heteroatoms. The van der Waals surface area contributed by atoms with Gasteiger partial charge in [-0.3, -0.25) is 13.8 Å². The van der Waals surface area contributed by atoms with Crippen molar-refractivity contribution in [3.63, 3.8) is 0 Å². The van der Waals surface area contributed by atoms with Crippen molar-refractivity contribution in [1.82, 2.24) is 34.0 Å². The van der Waals surface area contributed by atoms with Crippen LogP contribution >= 0.6 is 0 Å². The van der Waals surface area contributed by atoms with Crippen LogP contribution < -0.4 is 11.0 Å². The fourth-order valence-electron chi connectivity index (χ4n) is 5.15. The average Bonchev–Trinajstić information content (AvgIpc) is 3.57. The van der Waals surface area contributed by atoms with Crippen molar-refractivity contribution < 1.29 is 8.78 Å². The van der Waals surface area contributed by atoms with E-state index in [1.165, 1.54) is 21.4 Å². The topological polar surface area (TPSA) is 74.6 Å². The molecule has 1 atom stereocenters. The molecule has 1 aliphatic heterocycles. The van der Waals surface area contributed by atoms with Crippen LogP contribution in [0.3, 0.4) is 0 Å². The number of halogens is 2. The molecule has 0 bridgehead atoms. The fourth-order valence-corrected chi connectivity index (χ4v) is 5.15. The molecule has 0 saturated heterocycles. The third kappa shape index (κ3) is 3.40. The minimum atomic E-state index is -0.527. The average molecular weight is 502 g/mol. The predicted octanol–water partition coefficient (Wildman–Crippen LogP) is 4.14. The predicted molar refractivity (Wildman–Crippen MR) is 138 cm³/mol. The van der Waals surface area contributed by atoms with Crippen LogP contribution in [0.2, 0.25) is 0 Å². The maximum atomic E-state index is 15.5. The lowest BCUT2D eigenvalue weighted by Crippen LogP contribution is -2.30. The standard InChI is InChI=1S/C27H25F2N7O/c1-5-17-13-18(12-15(2)24(17)28)36-26(23-16(3)30-9-8-20(23)32-36)35-11-10-34(27(35)37)22-7-6-21-19(25(22)29)14-31-33(21)4/h5-7,10-14,16,30H,1,8-9H2,2-4H3/t16-/m0/s1. The highest BCUT2D eigenvalue weighted by atomic mass is 19.1. The highest BCUT2D eigenvalue weighted by Gasteiger charge is 2.29. The van der Waals surface area contributed by atoms with E-state index in [1.54, 1.807) is 60.0 Å². The molecule has 8 nitrogen and oxygen atoms in total. The van der Waals surface area contributed by atoms with Gasteiger partial charge in [-0.25, -0.2) is 18.3 Å². The van der Waals surface area contributed by atoms with Gasteiger partial charge in [0.2, 0.25) is 0 Å². The quantitative estimate of drug-likeness (QED) is 0.402. The van der Waals surface area contributed by atoms with Crippen LogP contribution in [-0.4, -0.2) is 35.2 Å². The van der Waals surface area contributed by atoms with Gasteiger partial charge in [0.25, 0.3) is 0 Å². The van der Waals surface area contributed by atoms with Crippen molar-refractivity contribution in [3.05, 3.63) is 93.9 Å². The third-order valence-electron chi connectivity index (χ3n) is 7.06. The van der Waals surface area contributed by atoms with Gasteiger partial charge in [0.1, 0.15) is 11.6 Å². The highest BCUT2D eigenvalue weighted by Crippen LogP contribution is 2.32. The number of rotatable bonds is 4. The largest absolute Gasteiger partial charge is 0.338 e. The first-order chi connectivity index (χ1) is 17.8. The summed E-state index contributed by atoms with van der Waals surface area (Å²) in [5, 5.41) is 12.7. The van der Waals surface area contributed by atoms with Gasteiger partial charge in [-0.2, -0.15) is 10.2 Å². The number of fused-ring (bicyclic) bond motifs is 2. The smallest absolute Gasteiger partial charge is 0.310 e. The minimum Gasteiger partial charge on any atom is -0.310 e. The third-order valence-corrected chi connectivity index (χ3v) is 7.06. The van der Waals surface area contributed by atoms with E-state index in [9.17, 15) is 9.18 Å². The first-order valence-corrected chi connectivity index (χ1v) is 12.0. The van der Waals surface area contributed by atoms with Gasteiger partial charge in [0.05, 0.1) is 34.2 Å². The molecular formula is C27H25F2N7O. The normalized spacial score (nSPS) is 15.3. The van der Waals surface area contributed by atoms with E-state index in [-0.39, 0.29) is 17.5 Å². The zero-order chi connectivity index (χ0) is 26.0. The van der Waals surface area contributed by atoms with Crippen LogP contribution in [0.1, 0.15) is 35.3 Å². The van der Waals surface area contributed by atoms with Gasteiger partial charge in [-0.1, -0.05) is 12.7 Å². The lowest BCUT2D eigenvalue weighted by Gasteiger charge is -2.21. The molecule has 3 aromatic heterocycles. The van der Waals surface area contributed by atoms with Gasteiger partial charge in [-0.15, -0.1) is 0 Å². The molecule has 1 aliphatic rings. The molecule has 0 saturated carbocycles. The molecule has 1 N–H and O–H groups in total. The summed E-state index contributed by atoms with van der Waals surface area (Å²) in [5.74, 6) is -0.347. The van der Waals surface area contributed by atoms with Crippen molar-refractivity contribution in [2.24, 2.45) is 7.05 Å². The second-order valence-corrected chi connectivity index (χ2v) is 9.31. The van der Waals surface area contributed by atoms with Crippen molar-refractivity contribution >= 4 is 17.0 Å². The van der Waals surface area contributed by atoms with Crippen LogP contribution in [0, 0.1) is 18.6 Å². The van der Waals surface area contributed by atoms with E-state index in [4.69, 9.17) is 5.10 Å². The lowest BCUT2D eigenvalue weighted by molar-refractivity contribution is 0.536. The van der Waals surface area contributed by atoms with Crippen LogP contribution in [0.5, 0.6) is 0 Å². The molecule has 4 heterocycles. The Labute approximate surface area is 211 Å². The second-order valence-electron chi connectivity index (χ2n) is 9.31. The number of hydrogen-bond donors (Lipinski definition) is 1. The van der Waals surface area contributed by atoms with Crippen LogP contribution in [-0.2, 0) is 13.5 Å². The first-order valence-electron chi connectivity index (χ1n) is 12.0. The Kier molecular flexibility index (Phi) is 5.23. The molecule has 6 rings (SSSR count). The second kappa shape index (κ2) is 8.38. The summed E-state index contributed by atoms with van der Waals surface area (Å²) in [6.07, 6.45) is 6.73. The Hall–Kier alpha value is -4.31. The molecule has 0 aliphatic carbocycles. The van der Waals surface area contributed by atoms with Gasteiger partial charge < -0.3 is 5.32 Å². The molecule has 0 amide bonds. The number of aryl methyl sites for hydroxylation is 2. The molecular weight excluding hydrogens is 476 g/mol. The number of nitrogens with one attached hydrogen (secondary N) is 1.